The number of aryl methyl sites for hydroxylation is 1. The number of nitrogens with one attached hydrogen (secondary N) is 1. The molecule has 2 aliphatic heterocycles. The molecule has 2 nitrogen and oxygen atoms in total. The maximum absolute atomic E-state index is 13.2. The van der Waals surface area contributed by atoms with Crippen LogP contribution >= 0.6 is 0 Å². The van der Waals surface area contributed by atoms with Crippen molar-refractivity contribution >= 4 is 5.69 Å². The Labute approximate surface area is 105 Å². The molecule has 0 spiro atoms. The Morgan fingerprint density at radius 2 is 2.17 bits per heavy atom. The van der Waals surface area contributed by atoms with Crippen molar-refractivity contribution in [3.63, 3.8) is 0 Å². The Morgan fingerprint density at radius 1 is 1.28 bits per heavy atom. The fraction of sp³-hybridized carbons (Fsp3) is 0.571. The minimum atomic E-state index is -2.43. The second-order valence-corrected chi connectivity index (χ2v) is 4.97. The van der Waals surface area contributed by atoms with Crippen LogP contribution in [0.25, 0.3) is 0 Å². The van der Waals surface area contributed by atoms with Crippen LogP contribution in [0, 0.1) is 0 Å². The van der Waals surface area contributed by atoms with E-state index in [2.05, 4.69) is 5.32 Å². The van der Waals surface area contributed by atoms with Crippen molar-refractivity contribution in [2.24, 2.45) is 0 Å². The Balaban J connectivity index is 2.03. The molecule has 1 N–H and O–H groups in total. The van der Waals surface area contributed by atoms with E-state index in [1.807, 2.05) is 6.07 Å². The van der Waals surface area contributed by atoms with Crippen LogP contribution in [0.5, 0.6) is 0 Å². The van der Waals surface area contributed by atoms with Crippen molar-refractivity contribution in [2.75, 3.05) is 18.5 Å². The van der Waals surface area contributed by atoms with Crippen molar-refractivity contribution in [1.29, 1.82) is 0 Å². The Kier molecular flexibility index (Phi) is 3.20. The lowest BCUT2D eigenvalue weighted by atomic mass is 9.93. The quantitative estimate of drug-likeness (QED) is 0.864. The lowest BCUT2D eigenvalue weighted by molar-refractivity contribution is 0.102. The van der Waals surface area contributed by atoms with Gasteiger partial charge in [-0.05, 0) is 42.9 Å². The number of hydrogen-bond donors (Lipinski definition) is 1. The number of fused-ring (bicyclic) bond motifs is 1. The summed E-state index contributed by atoms with van der Waals surface area (Å²) < 4.78 is 31.9. The number of benzene rings is 1. The zero-order valence-electron chi connectivity index (χ0n) is 10.2. The number of alkyl halides is 2. The van der Waals surface area contributed by atoms with Crippen molar-refractivity contribution < 1.29 is 13.5 Å². The third-order valence-electron chi connectivity index (χ3n) is 3.76. The number of hydrogen-bond acceptors (Lipinski definition) is 2. The lowest BCUT2D eigenvalue weighted by Crippen LogP contribution is -2.14. The predicted molar refractivity (Wildman–Crippen MR) is 66.1 cm³/mol. The summed E-state index contributed by atoms with van der Waals surface area (Å²) in [5, 5.41) is 3.20. The highest BCUT2D eigenvalue weighted by atomic mass is 19.3. The standard InChI is InChI=1S/C14H17F2NO/c15-14(16)11-8-12-9(3-1-5-17-12)7-10(11)13-4-2-6-18-13/h7-8,13-14,17H,1-6H2. The van der Waals surface area contributed by atoms with Crippen LogP contribution in [-0.2, 0) is 11.2 Å². The van der Waals surface area contributed by atoms with Gasteiger partial charge in [-0.25, -0.2) is 8.78 Å². The molecule has 3 rings (SSSR count). The van der Waals surface area contributed by atoms with E-state index in [9.17, 15) is 8.78 Å². The second kappa shape index (κ2) is 4.84. The molecule has 18 heavy (non-hydrogen) atoms. The van der Waals surface area contributed by atoms with E-state index in [0.717, 1.165) is 43.5 Å². The topological polar surface area (TPSA) is 21.3 Å². The van der Waals surface area contributed by atoms with Gasteiger partial charge < -0.3 is 10.1 Å². The maximum atomic E-state index is 13.2. The molecule has 1 saturated heterocycles. The van der Waals surface area contributed by atoms with Crippen molar-refractivity contribution in [1.82, 2.24) is 0 Å². The summed E-state index contributed by atoms with van der Waals surface area (Å²) in [6.45, 7) is 1.55. The monoisotopic (exact) mass is 253 g/mol. The molecule has 1 fully saturated rings. The fourth-order valence-corrected chi connectivity index (χ4v) is 2.84. The van der Waals surface area contributed by atoms with Crippen LogP contribution in [0.4, 0.5) is 14.5 Å². The molecule has 98 valence electrons. The minimum Gasteiger partial charge on any atom is -0.385 e. The number of rotatable bonds is 2. The van der Waals surface area contributed by atoms with E-state index in [4.69, 9.17) is 4.74 Å². The van der Waals surface area contributed by atoms with Gasteiger partial charge in [0.1, 0.15) is 0 Å². The average Bonchev–Trinajstić information content (AvgIpc) is 2.91. The summed E-state index contributed by atoms with van der Waals surface area (Å²) in [5.41, 5.74) is 2.86. The molecular weight excluding hydrogens is 236 g/mol. The summed E-state index contributed by atoms with van der Waals surface area (Å²) in [6.07, 6.45) is 1.27. The average molecular weight is 253 g/mol. The summed E-state index contributed by atoms with van der Waals surface area (Å²) in [7, 11) is 0. The van der Waals surface area contributed by atoms with Gasteiger partial charge in [0.05, 0.1) is 6.10 Å². The molecule has 0 radical (unpaired) electrons. The van der Waals surface area contributed by atoms with Crippen molar-refractivity contribution in [3.8, 4) is 0 Å². The normalized spacial score (nSPS) is 22.9. The molecule has 1 aromatic carbocycles. The zero-order chi connectivity index (χ0) is 12.5. The number of ether oxygens (including phenoxy) is 1. The van der Waals surface area contributed by atoms with Crippen molar-refractivity contribution in [2.45, 2.75) is 38.2 Å². The third kappa shape index (κ3) is 2.09. The van der Waals surface area contributed by atoms with Gasteiger partial charge in [0.2, 0.25) is 0 Å². The molecule has 2 heterocycles. The number of anilines is 1. The zero-order valence-corrected chi connectivity index (χ0v) is 10.2. The van der Waals surface area contributed by atoms with Gasteiger partial charge in [0.25, 0.3) is 6.43 Å². The van der Waals surface area contributed by atoms with Gasteiger partial charge in [0.15, 0.2) is 0 Å². The Hall–Kier alpha value is -1.16. The molecule has 2 aliphatic rings. The van der Waals surface area contributed by atoms with E-state index in [0.29, 0.717) is 12.2 Å². The van der Waals surface area contributed by atoms with E-state index < -0.39 is 6.43 Å². The maximum Gasteiger partial charge on any atom is 0.264 e. The van der Waals surface area contributed by atoms with Gasteiger partial charge >= 0.3 is 0 Å². The highest BCUT2D eigenvalue weighted by Gasteiger charge is 2.26. The second-order valence-electron chi connectivity index (χ2n) is 4.97. The number of halogens is 2. The van der Waals surface area contributed by atoms with Gasteiger partial charge in [0, 0.05) is 24.4 Å². The lowest BCUT2D eigenvalue weighted by Gasteiger charge is -2.23. The minimum absolute atomic E-state index is 0.134. The SMILES string of the molecule is FC(F)c1cc2c(cc1C1CCCO1)CCCN2. The first kappa shape index (κ1) is 11.9. The van der Waals surface area contributed by atoms with Crippen LogP contribution in [0.3, 0.4) is 0 Å². The molecule has 0 saturated carbocycles. The molecule has 0 aliphatic carbocycles. The Bertz CT molecular complexity index is 442. The molecule has 0 bridgehead atoms. The van der Waals surface area contributed by atoms with Crippen LogP contribution in [0.15, 0.2) is 12.1 Å². The molecule has 1 unspecified atom stereocenters. The molecule has 0 aromatic heterocycles. The van der Waals surface area contributed by atoms with E-state index in [1.54, 1.807) is 6.07 Å². The van der Waals surface area contributed by atoms with E-state index >= 15 is 0 Å². The predicted octanol–water partition coefficient (Wildman–Crippen LogP) is 3.83. The van der Waals surface area contributed by atoms with E-state index in [-0.39, 0.29) is 11.7 Å². The fourth-order valence-electron chi connectivity index (χ4n) is 2.84. The van der Waals surface area contributed by atoms with Crippen LogP contribution in [-0.4, -0.2) is 13.2 Å². The highest BCUT2D eigenvalue weighted by molar-refractivity contribution is 5.58. The first-order chi connectivity index (χ1) is 8.75. The summed E-state index contributed by atoms with van der Waals surface area (Å²) in [5.74, 6) is 0. The molecular formula is C14H17F2NO. The summed E-state index contributed by atoms with van der Waals surface area (Å²) in [6, 6.07) is 3.55. The highest BCUT2D eigenvalue weighted by Crippen LogP contribution is 2.38. The van der Waals surface area contributed by atoms with Gasteiger partial charge in [-0.3, -0.25) is 0 Å². The van der Waals surface area contributed by atoms with E-state index in [1.165, 1.54) is 0 Å². The molecule has 4 heteroatoms. The van der Waals surface area contributed by atoms with Gasteiger partial charge in [-0.2, -0.15) is 0 Å². The molecule has 1 atom stereocenters. The smallest absolute Gasteiger partial charge is 0.264 e. The van der Waals surface area contributed by atoms with Crippen LogP contribution < -0.4 is 5.32 Å². The third-order valence-corrected chi connectivity index (χ3v) is 3.76. The summed E-state index contributed by atoms with van der Waals surface area (Å²) >= 11 is 0. The Morgan fingerprint density at radius 3 is 2.89 bits per heavy atom. The van der Waals surface area contributed by atoms with Crippen LogP contribution in [0.2, 0.25) is 0 Å². The van der Waals surface area contributed by atoms with Gasteiger partial charge in [-0.15, -0.1) is 0 Å². The summed E-state index contributed by atoms with van der Waals surface area (Å²) in [4.78, 5) is 0. The van der Waals surface area contributed by atoms with Gasteiger partial charge in [-0.1, -0.05) is 6.07 Å². The first-order valence-electron chi connectivity index (χ1n) is 6.56. The largest absolute Gasteiger partial charge is 0.385 e. The molecule has 0 amide bonds. The van der Waals surface area contributed by atoms with Crippen LogP contribution in [0.1, 0.15) is 48.5 Å². The molecule has 1 aromatic rings. The first-order valence-corrected chi connectivity index (χ1v) is 6.56. The van der Waals surface area contributed by atoms with Crippen molar-refractivity contribution in [3.05, 3.63) is 28.8 Å².